The Hall–Kier alpha value is -0.160. The monoisotopic (exact) mass is 255 g/mol. The number of aliphatic hydroxyl groups excluding tert-OH is 1. The van der Waals surface area contributed by atoms with Gasteiger partial charge in [-0.3, -0.25) is 4.90 Å². The number of nitrogens with zero attached hydrogens (tertiary/aromatic N) is 2. The highest BCUT2D eigenvalue weighted by Gasteiger charge is 2.24. The van der Waals surface area contributed by atoms with Crippen molar-refractivity contribution < 1.29 is 5.11 Å². The van der Waals surface area contributed by atoms with Crippen LogP contribution >= 0.6 is 0 Å². The van der Waals surface area contributed by atoms with E-state index in [0.29, 0.717) is 12.0 Å². The first-order valence-electron chi connectivity index (χ1n) is 7.61. The molecule has 2 atom stereocenters. The van der Waals surface area contributed by atoms with Gasteiger partial charge < -0.3 is 15.7 Å². The molecular weight excluding hydrogens is 226 g/mol. The van der Waals surface area contributed by atoms with Crippen molar-refractivity contribution in [3.63, 3.8) is 0 Å². The lowest BCUT2D eigenvalue weighted by Crippen LogP contribution is -2.50. The first kappa shape index (κ1) is 14.3. The topological polar surface area (TPSA) is 52.7 Å². The van der Waals surface area contributed by atoms with Gasteiger partial charge in [-0.25, -0.2) is 0 Å². The highest BCUT2D eigenvalue weighted by Crippen LogP contribution is 2.23. The maximum atomic E-state index is 8.94. The van der Waals surface area contributed by atoms with Crippen molar-refractivity contribution in [3.05, 3.63) is 0 Å². The van der Waals surface area contributed by atoms with Crippen LogP contribution in [0.2, 0.25) is 0 Å². The minimum Gasteiger partial charge on any atom is -0.395 e. The third-order valence-electron chi connectivity index (χ3n) is 4.59. The van der Waals surface area contributed by atoms with Crippen molar-refractivity contribution in [2.24, 2.45) is 11.7 Å². The van der Waals surface area contributed by atoms with E-state index in [1.54, 1.807) is 0 Å². The molecule has 0 bridgehead atoms. The maximum Gasteiger partial charge on any atom is 0.0558 e. The van der Waals surface area contributed by atoms with Gasteiger partial charge >= 0.3 is 0 Å². The van der Waals surface area contributed by atoms with Crippen LogP contribution in [0.15, 0.2) is 0 Å². The molecule has 1 aliphatic carbocycles. The fourth-order valence-electron chi connectivity index (χ4n) is 3.31. The highest BCUT2D eigenvalue weighted by molar-refractivity contribution is 4.81. The normalized spacial score (nSPS) is 32.3. The summed E-state index contributed by atoms with van der Waals surface area (Å²) in [6.45, 7) is 6.79. The van der Waals surface area contributed by atoms with Gasteiger partial charge in [-0.15, -0.1) is 0 Å². The molecule has 1 saturated carbocycles. The molecule has 3 N–H and O–H groups in total. The van der Waals surface area contributed by atoms with Crippen LogP contribution in [0.3, 0.4) is 0 Å². The molecule has 4 heteroatoms. The summed E-state index contributed by atoms with van der Waals surface area (Å²) >= 11 is 0. The lowest BCUT2D eigenvalue weighted by atomic mass is 9.94. The second-order valence-electron chi connectivity index (χ2n) is 5.93. The third kappa shape index (κ3) is 4.19. The lowest BCUT2D eigenvalue weighted by molar-refractivity contribution is 0.0966. The lowest BCUT2D eigenvalue weighted by Gasteiger charge is -2.37. The zero-order valence-electron chi connectivity index (χ0n) is 11.6. The molecular formula is C14H29N3O. The summed E-state index contributed by atoms with van der Waals surface area (Å²) in [5, 5.41) is 8.94. The van der Waals surface area contributed by atoms with Gasteiger partial charge in [0.1, 0.15) is 0 Å². The maximum absolute atomic E-state index is 8.94. The minimum atomic E-state index is 0.285. The van der Waals surface area contributed by atoms with E-state index in [1.807, 2.05) is 0 Å². The molecule has 1 saturated heterocycles. The molecule has 106 valence electrons. The molecule has 4 nitrogen and oxygen atoms in total. The second kappa shape index (κ2) is 7.43. The minimum absolute atomic E-state index is 0.285. The van der Waals surface area contributed by atoms with E-state index in [0.717, 1.165) is 32.7 Å². The SMILES string of the molecule is NC1CCCCCC1CN1CCN(CCO)CC1. The molecule has 1 heterocycles. The van der Waals surface area contributed by atoms with Gasteiger partial charge in [-0.05, 0) is 18.8 Å². The van der Waals surface area contributed by atoms with E-state index in [-0.39, 0.29) is 6.61 Å². The summed E-state index contributed by atoms with van der Waals surface area (Å²) in [7, 11) is 0. The van der Waals surface area contributed by atoms with Crippen molar-refractivity contribution in [3.8, 4) is 0 Å². The first-order chi connectivity index (χ1) is 8.79. The average molecular weight is 255 g/mol. The van der Waals surface area contributed by atoms with Gasteiger partial charge in [-0.1, -0.05) is 19.3 Å². The third-order valence-corrected chi connectivity index (χ3v) is 4.59. The standard InChI is InChI=1S/C14H29N3O/c15-14-5-3-1-2-4-13(14)12-17-8-6-16(7-9-17)10-11-18/h13-14,18H,1-12,15H2. The predicted octanol–water partition coefficient (Wildman–Crippen LogP) is 0.504. The Kier molecular flexibility index (Phi) is 5.89. The summed E-state index contributed by atoms with van der Waals surface area (Å²) in [4.78, 5) is 4.92. The van der Waals surface area contributed by atoms with Gasteiger partial charge in [0.25, 0.3) is 0 Å². The first-order valence-corrected chi connectivity index (χ1v) is 7.61. The van der Waals surface area contributed by atoms with Crippen molar-refractivity contribution in [2.45, 2.75) is 38.1 Å². The van der Waals surface area contributed by atoms with Crippen molar-refractivity contribution >= 4 is 0 Å². The number of nitrogens with two attached hydrogens (primary N) is 1. The summed E-state index contributed by atoms with van der Waals surface area (Å²) in [6, 6.07) is 0.419. The van der Waals surface area contributed by atoms with Crippen LogP contribution in [0, 0.1) is 5.92 Å². The van der Waals surface area contributed by atoms with Gasteiger partial charge in [0.05, 0.1) is 6.61 Å². The Morgan fingerprint density at radius 2 is 1.61 bits per heavy atom. The van der Waals surface area contributed by atoms with Crippen LogP contribution in [0.25, 0.3) is 0 Å². The van der Waals surface area contributed by atoms with Gasteiger partial charge in [0, 0.05) is 45.3 Å². The zero-order chi connectivity index (χ0) is 12.8. The fraction of sp³-hybridized carbons (Fsp3) is 1.00. The number of piperazine rings is 1. The van der Waals surface area contributed by atoms with Gasteiger partial charge in [0.2, 0.25) is 0 Å². The summed E-state index contributed by atoms with van der Waals surface area (Å²) in [6.07, 6.45) is 6.59. The highest BCUT2D eigenvalue weighted by atomic mass is 16.3. The smallest absolute Gasteiger partial charge is 0.0558 e. The van der Waals surface area contributed by atoms with Gasteiger partial charge in [-0.2, -0.15) is 0 Å². The van der Waals surface area contributed by atoms with E-state index < -0.39 is 0 Å². The molecule has 2 unspecified atom stereocenters. The van der Waals surface area contributed by atoms with E-state index in [4.69, 9.17) is 10.8 Å². The molecule has 2 rings (SSSR count). The van der Waals surface area contributed by atoms with Crippen LogP contribution in [0.4, 0.5) is 0 Å². The van der Waals surface area contributed by atoms with E-state index in [1.165, 1.54) is 38.6 Å². The Morgan fingerprint density at radius 3 is 2.33 bits per heavy atom. The fourth-order valence-corrected chi connectivity index (χ4v) is 3.31. The number of hydrogen-bond donors (Lipinski definition) is 2. The largest absolute Gasteiger partial charge is 0.395 e. The average Bonchev–Trinajstić information content (AvgIpc) is 2.58. The number of β-amino-alcohol motifs (C(OH)–C–C–N with tert-alkyl or cyclic N) is 1. The Morgan fingerprint density at radius 1 is 0.944 bits per heavy atom. The molecule has 18 heavy (non-hydrogen) atoms. The predicted molar refractivity (Wildman–Crippen MR) is 74.5 cm³/mol. The van der Waals surface area contributed by atoms with Crippen molar-refractivity contribution in [1.82, 2.24) is 9.80 Å². The summed E-state index contributed by atoms with van der Waals surface area (Å²) < 4.78 is 0. The summed E-state index contributed by atoms with van der Waals surface area (Å²) in [5.74, 6) is 0.705. The van der Waals surface area contributed by atoms with Crippen LogP contribution in [-0.2, 0) is 0 Å². The van der Waals surface area contributed by atoms with E-state index in [9.17, 15) is 0 Å². The quantitative estimate of drug-likeness (QED) is 0.719. The second-order valence-corrected chi connectivity index (χ2v) is 5.93. The molecule has 2 aliphatic rings. The van der Waals surface area contributed by atoms with Crippen molar-refractivity contribution in [2.75, 3.05) is 45.9 Å². The zero-order valence-corrected chi connectivity index (χ0v) is 11.6. The molecule has 0 amide bonds. The molecule has 2 fully saturated rings. The Balaban J connectivity index is 1.73. The van der Waals surface area contributed by atoms with Crippen molar-refractivity contribution in [1.29, 1.82) is 0 Å². The molecule has 1 aliphatic heterocycles. The van der Waals surface area contributed by atoms with Crippen LogP contribution in [0.5, 0.6) is 0 Å². The molecule has 0 spiro atoms. The van der Waals surface area contributed by atoms with Crippen LogP contribution in [0.1, 0.15) is 32.1 Å². The van der Waals surface area contributed by atoms with Crippen LogP contribution in [-0.4, -0.2) is 66.8 Å². The molecule has 0 aromatic heterocycles. The van der Waals surface area contributed by atoms with Crippen LogP contribution < -0.4 is 5.73 Å². The molecule has 0 aromatic rings. The molecule has 0 radical (unpaired) electrons. The number of rotatable bonds is 4. The molecule has 0 aromatic carbocycles. The number of hydrogen-bond acceptors (Lipinski definition) is 4. The summed E-state index contributed by atoms with van der Waals surface area (Å²) in [5.41, 5.74) is 6.30. The van der Waals surface area contributed by atoms with E-state index in [2.05, 4.69) is 9.80 Å². The number of aliphatic hydroxyl groups is 1. The Bertz CT molecular complexity index is 229. The van der Waals surface area contributed by atoms with E-state index >= 15 is 0 Å². The van der Waals surface area contributed by atoms with Gasteiger partial charge in [0.15, 0.2) is 0 Å². The Labute approximate surface area is 111 Å².